The zero-order valence-corrected chi connectivity index (χ0v) is 15.9. The maximum absolute atomic E-state index is 12.6. The van der Waals surface area contributed by atoms with Crippen molar-refractivity contribution in [2.24, 2.45) is 0 Å². The molecule has 3 rings (SSSR count). The van der Waals surface area contributed by atoms with Crippen molar-refractivity contribution >= 4 is 17.5 Å². The van der Waals surface area contributed by atoms with Crippen molar-refractivity contribution in [3.8, 4) is 0 Å². The fraction of sp³-hybridized carbons (Fsp3) is 0.381. The van der Waals surface area contributed by atoms with Crippen LogP contribution in [0.25, 0.3) is 0 Å². The molecule has 0 aliphatic carbocycles. The van der Waals surface area contributed by atoms with Gasteiger partial charge in [-0.2, -0.15) is 0 Å². The van der Waals surface area contributed by atoms with Crippen LogP contribution in [0.5, 0.6) is 0 Å². The highest BCUT2D eigenvalue weighted by Crippen LogP contribution is 2.26. The van der Waals surface area contributed by atoms with E-state index in [9.17, 15) is 4.79 Å². The summed E-state index contributed by atoms with van der Waals surface area (Å²) in [5, 5.41) is 3.67. The summed E-state index contributed by atoms with van der Waals surface area (Å²) in [6.45, 7) is 5.88. The normalized spacial score (nSPS) is 22.0. The molecule has 0 spiro atoms. The number of morpholine rings is 1. The van der Waals surface area contributed by atoms with Crippen LogP contribution in [0.1, 0.15) is 31.1 Å². The van der Waals surface area contributed by atoms with E-state index in [1.807, 2.05) is 49.4 Å². The Morgan fingerprint density at radius 3 is 2.62 bits per heavy atom. The zero-order valence-electron chi connectivity index (χ0n) is 15.2. The van der Waals surface area contributed by atoms with Gasteiger partial charge in [0.15, 0.2) is 0 Å². The van der Waals surface area contributed by atoms with Crippen LogP contribution in [-0.4, -0.2) is 36.0 Å². The van der Waals surface area contributed by atoms with Gasteiger partial charge in [0.1, 0.15) is 0 Å². The summed E-state index contributed by atoms with van der Waals surface area (Å²) in [4.78, 5) is 14.8. The number of ether oxygens (including phenoxy) is 1. The first kappa shape index (κ1) is 18.9. The number of nitrogens with zero attached hydrogens (tertiary/aromatic N) is 1. The number of rotatable bonds is 5. The Bertz CT molecular complexity index is 738. The lowest BCUT2D eigenvalue weighted by atomic mass is 10.1. The monoisotopic (exact) mass is 372 g/mol. The van der Waals surface area contributed by atoms with Gasteiger partial charge in [-0.1, -0.05) is 60.1 Å². The SMILES string of the molecule is CC1CN(C(C)C(=O)NCc2ccccc2Cl)CC(c2ccccc2)O1. The Hall–Kier alpha value is -1.88. The van der Waals surface area contributed by atoms with Gasteiger partial charge in [-0.25, -0.2) is 0 Å². The molecular weight excluding hydrogens is 348 g/mol. The highest BCUT2D eigenvalue weighted by molar-refractivity contribution is 6.31. The van der Waals surface area contributed by atoms with Gasteiger partial charge in [-0.05, 0) is 31.0 Å². The van der Waals surface area contributed by atoms with Crippen LogP contribution in [0.2, 0.25) is 5.02 Å². The summed E-state index contributed by atoms with van der Waals surface area (Å²) >= 11 is 6.16. The van der Waals surface area contributed by atoms with E-state index in [0.717, 1.165) is 17.7 Å². The lowest BCUT2D eigenvalue weighted by molar-refractivity contribution is -0.133. The lowest BCUT2D eigenvalue weighted by Gasteiger charge is -2.39. The molecule has 1 amide bonds. The first-order valence-corrected chi connectivity index (χ1v) is 9.38. The standard InChI is InChI=1S/C21H25ClN2O2/c1-15-13-24(14-20(26-15)17-8-4-3-5-9-17)16(2)21(25)23-12-18-10-6-7-11-19(18)22/h3-11,15-16,20H,12-14H2,1-2H3,(H,23,25). The molecule has 3 unspecified atom stereocenters. The second-order valence-electron chi connectivity index (χ2n) is 6.79. The van der Waals surface area contributed by atoms with Crippen molar-refractivity contribution in [1.82, 2.24) is 10.2 Å². The van der Waals surface area contributed by atoms with Crippen LogP contribution in [0.15, 0.2) is 54.6 Å². The number of benzene rings is 2. The Morgan fingerprint density at radius 1 is 1.19 bits per heavy atom. The maximum Gasteiger partial charge on any atom is 0.237 e. The number of amides is 1. The van der Waals surface area contributed by atoms with Gasteiger partial charge < -0.3 is 10.1 Å². The molecule has 1 aliphatic rings. The van der Waals surface area contributed by atoms with Crippen molar-refractivity contribution in [3.63, 3.8) is 0 Å². The van der Waals surface area contributed by atoms with Gasteiger partial charge in [0.05, 0.1) is 18.2 Å². The highest BCUT2D eigenvalue weighted by Gasteiger charge is 2.31. The molecule has 0 radical (unpaired) electrons. The number of carbonyl (C=O) groups excluding carboxylic acids is 1. The number of halogens is 1. The Labute approximate surface area is 160 Å². The predicted molar refractivity (Wildman–Crippen MR) is 104 cm³/mol. The van der Waals surface area contributed by atoms with Gasteiger partial charge in [0.2, 0.25) is 5.91 Å². The van der Waals surface area contributed by atoms with E-state index < -0.39 is 0 Å². The third-order valence-corrected chi connectivity index (χ3v) is 5.17. The Balaban J connectivity index is 1.61. The molecule has 1 aliphatic heterocycles. The van der Waals surface area contributed by atoms with Gasteiger partial charge in [-0.15, -0.1) is 0 Å². The molecule has 2 aromatic carbocycles. The van der Waals surface area contributed by atoms with E-state index in [1.54, 1.807) is 0 Å². The third kappa shape index (κ3) is 4.64. The summed E-state index contributed by atoms with van der Waals surface area (Å²) in [5.74, 6) is 0.00540. The quantitative estimate of drug-likeness (QED) is 0.867. The Morgan fingerprint density at radius 2 is 1.88 bits per heavy atom. The number of nitrogens with one attached hydrogen (secondary N) is 1. The first-order valence-electron chi connectivity index (χ1n) is 9.00. The molecule has 0 bridgehead atoms. The summed E-state index contributed by atoms with van der Waals surface area (Å²) in [6, 6.07) is 17.5. The molecule has 5 heteroatoms. The van der Waals surface area contributed by atoms with Crippen LogP contribution >= 0.6 is 11.6 Å². The van der Waals surface area contributed by atoms with Gasteiger partial charge in [0.25, 0.3) is 0 Å². The largest absolute Gasteiger partial charge is 0.368 e. The zero-order chi connectivity index (χ0) is 18.5. The lowest BCUT2D eigenvalue weighted by Crippen LogP contribution is -2.52. The number of hydrogen-bond acceptors (Lipinski definition) is 3. The molecule has 1 heterocycles. The molecule has 1 saturated heterocycles. The van der Waals surface area contributed by atoms with Crippen LogP contribution < -0.4 is 5.32 Å². The molecule has 0 saturated carbocycles. The molecule has 1 N–H and O–H groups in total. The molecule has 1 fully saturated rings. The van der Waals surface area contributed by atoms with Crippen LogP contribution in [0.3, 0.4) is 0 Å². The molecule has 3 atom stereocenters. The van der Waals surface area contributed by atoms with Gasteiger partial charge in [-0.3, -0.25) is 9.69 Å². The van der Waals surface area contributed by atoms with E-state index in [2.05, 4.69) is 29.3 Å². The van der Waals surface area contributed by atoms with E-state index in [-0.39, 0.29) is 24.2 Å². The summed E-state index contributed by atoms with van der Waals surface area (Å²) in [6.07, 6.45) is 0.0616. The van der Waals surface area contributed by atoms with Gasteiger partial charge >= 0.3 is 0 Å². The minimum atomic E-state index is -0.227. The summed E-state index contributed by atoms with van der Waals surface area (Å²) < 4.78 is 6.09. The fourth-order valence-corrected chi connectivity index (χ4v) is 3.49. The highest BCUT2D eigenvalue weighted by atomic mass is 35.5. The molecule has 26 heavy (non-hydrogen) atoms. The third-order valence-electron chi connectivity index (χ3n) is 4.80. The van der Waals surface area contributed by atoms with Crippen LogP contribution in [0.4, 0.5) is 0 Å². The number of hydrogen-bond donors (Lipinski definition) is 1. The summed E-state index contributed by atoms with van der Waals surface area (Å²) in [5.41, 5.74) is 2.07. The van der Waals surface area contributed by atoms with Crippen molar-refractivity contribution in [2.45, 2.75) is 38.6 Å². The number of carbonyl (C=O) groups is 1. The van der Waals surface area contributed by atoms with Crippen molar-refractivity contribution in [3.05, 3.63) is 70.7 Å². The second kappa shape index (κ2) is 8.67. The van der Waals surface area contributed by atoms with Crippen LogP contribution in [-0.2, 0) is 16.1 Å². The van der Waals surface area contributed by atoms with E-state index >= 15 is 0 Å². The summed E-state index contributed by atoms with van der Waals surface area (Å²) in [7, 11) is 0. The Kier molecular flexibility index (Phi) is 6.30. The fourth-order valence-electron chi connectivity index (χ4n) is 3.29. The van der Waals surface area contributed by atoms with E-state index in [1.165, 1.54) is 0 Å². The molecule has 0 aromatic heterocycles. The average Bonchev–Trinajstić information content (AvgIpc) is 2.66. The van der Waals surface area contributed by atoms with Crippen molar-refractivity contribution in [1.29, 1.82) is 0 Å². The van der Waals surface area contributed by atoms with Crippen LogP contribution in [0, 0.1) is 0 Å². The second-order valence-corrected chi connectivity index (χ2v) is 7.19. The predicted octanol–water partition coefficient (Wildman–Crippen LogP) is 3.81. The molecule has 2 aromatic rings. The average molecular weight is 373 g/mol. The topological polar surface area (TPSA) is 41.6 Å². The maximum atomic E-state index is 12.6. The minimum Gasteiger partial charge on any atom is -0.368 e. The molecular formula is C21H25ClN2O2. The minimum absolute atomic E-state index is 0.00540. The van der Waals surface area contributed by atoms with E-state index in [0.29, 0.717) is 18.1 Å². The van der Waals surface area contributed by atoms with Crippen molar-refractivity contribution < 1.29 is 9.53 Å². The molecule has 4 nitrogen and oxygen atoms in total. The van der Waals surface area contributed by atoms with E-state index in [4.69, 9.17) is 16.3 Å². The first-order chi connectivity index (χ1) is 12.5. The van der Waals surface area contributed by atoms with Crippen molar-refractivity contribution in [2.75, 3.05) is 13.1 Å². The van der Waals surface area contributed by atoms with Gasteiger partial charge in [0, 0.05) is 24.7 Å². The smallest absolute Gasteiger partial charge is 0.237 e. The molecule has 138 valence electrons.